The lowest BCUT2D eigenvalue weighted by atomic mass is 9.64. The Labute approximate surface area is 156 Å². The van der Waals surface area contributed by atoms with Gasteiger partial charge in [0, 0.05) is 44.7 Å². The van der Waals surface area contributed by atoms with Gasteiger partial charge < -0.3 is 15.0 Å². The van der Waals surface area contributed by atoms with E-state index in [0.717, 1.165) is 39.1 Å². The van der Waals surface area contributed by atoms with Crippen LogP contribution in [0.5, 0.6) is 0 Å². The minimum absolute atomic E-state index is 0.148. The summed E-state index contributed by atoms with van der Waals surface area (Å²) in [5, 5.41) is 3.10. The third-order valence-electron chi connectivity index (χ3n) is 7.03. The van der Waals surface area contributed by atoms with E-state index in [0.29, 0.717) is 35.8 Å². The van der Waals surface area contributed by atoms with Crippen LogP contribution in [0.25, 0.3) is 0 Å². The highest BCUT2D eigenvalue weighted by atomic mass is 16.6. The van der Waals surface area contributed by atoms with Gasteiger partial charge >= 0.3 is 6.09 Å². The number of amides is 2. The van der Waals surface area contributed by atoms with E-state index in [-0.39, 0.29) is 17.9 Å². The summed E-state index contributed by atoms with van der Waals surface area (Å²) in [7, 11) is 0. The second kappa shape index (κ2) is 6.70. The molecule has 1 unspecified atom stereocenters. The molecule has 2 aliphatic heterocycles. The average Bonchev–Trinajstić information content (AvgIpc) is 2.95. The molecule has 4 fully saturated rings. The number of nitrogens with zero attached hydrogens (tertiary/aromatic N) is 2. The normalized spacial score (nSPS) is 38.4. The second-order valence-electron chi connectivity index (χ2n) is 9.38. The van der Waals surface area contributed by atoms with Crippen LogP contribution in [0.15, 0.2) is 0 Å². The molecule has 1 spiro atoms. The molecule has 0 aromatic rings. The van der Waals surface area contributed by atoms with E-state index in [1.165, 1.54) is 12.8 Å². The summed E-state index contributed by atoms with van der Waals surface area (Å²) in [6, 6.07) is 0.657. The Balaban J connectivity index is 1.20. The zero-order chi connectivity index (χ0) is 18.5. The Morgan fingerprint density at radius 1 is 1.23 bits per heavy atom. The third-order valence-corrected chi connectivity index (χ3v) is 7.03. The van der Waals surface area contributed by atoms with Crippen LogP contribution in [-0.2, 0) is 9.53 Å². The van der Waals surface area contributed by atoms with Gasteiger partial charge in [0.25, 0.3) is 0 Å². The number of ether oxygens (including phenoxy) is 1. The molecule has 2 saturated heterocycles. The fraction of sp³-hybridized carbons (Fsp3) is 0.900. The fourth-order valence-electron chi connectivity index (χ4n) is 5.51. The number of likely N-dealkylation sites (tertiary alicyclic amines) is 2. The van der Waals surface area contributed by atoms with E-state index in [1.54, 1.807) is 0 Å². The molecule has 3 atom stereocenters. The zero-order valence-corrected chi connectivity index (χ0v) is 16.4. The summed E-state index contributed by atoms with van der Waals surface area (Å²) in [4.78, 5) is 28.7. The first-order valence-electron chi connectivity index (χ1n) is 10.4. The van der Waals surface area contributed by atoms with Crippen LogP contribution in [0.4, 0.5) is 4.79 Å². The van der Waals surface area contributed by atoms with Crippen molar-refractivity contribution in [3.05, 3.63) is 0 Å². The van der Waals surface area contributed by atoms with Crippen LogP contribution < -0.4 is 5.32 Å². The Kier molecular flexibility index (Phi) is 4.66. The van der Waals surface area contributed by atoms with E-state index in [2.05, 4.69) is 24.1 Å². The van der Waals surface area contributed by atoms with Gasteiger partial charge in [-0.05, 0) is 49.4 Å². The van der Waals surface area contributed by atoms with Crippen LogP contribution in [0.3, 0.4) is 0 Å². The summed E-state index contributed by atoms with van der Waals surface area (Å²) in [5.41, 5.74) is 0.332. The predicted octanol–water partition coefficient (Wildman–Crippen LogP) is 1.95. The SMILES string of the molecule is CCOC(=O)N1CCC2(CC(N3C[C@@H]4C(C(=O)NCC(C)C)[C@@H]4C3)C2)C1. The molecule has 0 radical (unpaired) electrons. The molecule has 26 heavy (non-hydrogen) atoms. The van der Waals surface area contributed by atoms with Crippen molar-refractivity contribution in [3.63, 3.8) is 0 Å². The monoisotopic (exact) mass is 363 g/mol. The van der Waals surface area contributed by atoms with Crippen molar-refractivity contribution in [3.8, 4) is 0 Å². The smallest absolute Gasteiger partial charge is 0.409 e. The first-order valence-corrected chi connectivity index (χ1v) is 10.4. The predicted molar refractivity (Wildman–Crippen MR) is 98.6 cm³/mol. The molecule has 0 aromatic carbocycles. The van der Waals surface area contributed by atoms with Crippen molar-refractivity contribution < 1.29 is 14.3 Å². The van der Waals surface area contributed by atoms with Crippen molar-refractivity contribution in [2.75, 3.05) is 39.3 Å². The maximum atomic E-state index is 12.3. The molecule has 2 amide bonds. The highest BCUT2D eigenvalue weighted by Crippen LogP contribution is 2.56. The Hall–Kier alpha value is -1.30. The van der Waals surface area contributed by atoms with Crippen molar-refractivity contribution in [2.45, 2.75) is 46.1 Å². The lowest BCUT2D eigenvalue weighted by Crippen LogP contribution is -2.52. The largest absolute Gasteiger partial charge is 0.450 e. The first-order chi connectivity index (χ1) is 12.4. The summed E-state index contributed by atoms with van der Waals surface area (Å²) < 4.78 is 5.14. The zero-order valence-electron chi connectivity index (χ0n) is 16.4. The number of fused-ring (bicyclic) bond motifs is 1. The highest BCUT2D eigenvalue weighted by Gasteiger charge is 2.62. The van der Waals surface area contributed by atoms with E-state index in [9.17, 15) is 9.59 Å². The molecule has 146 valence electrons. The molecule has 2 aliphatic carbocycles. The van der Waals surface area contributed by atoms with Gasteiger partial charge in [-0.3, -0.25) is 9.69 Å². The molecule has 4 aliphatic rings. The van der Waals surface area contributed by atoms with Gasteiger partial charge in [0.15, 0.2) is 0 Å². The quantitative estimate of drug-likeness (QED) is 0.811. The van der Waals surface area contributed by atoms with Crippen molar-refractivity contribution in [1.29, 1.82) is 0 Å². The lowest BCUT2D eigenvalue weighted by Gasteiger charge is -2.49. The van der Waals surface area contributed by atoms with E-state index in [1.807, 2.05) is 11.8 Å². The van der Waals surface area contributed by atoms with Gasteiger partial charge in [-0.25, -0.2) is 4.79 Å². The summed E-state index contributed by atoms with van der Waals surface area (Å²) >= 11 is 0. The summed E-state index contributed by atoms with van der Waals surface area (Å²) in [6.07, 6.45) is 3.37. The maximum absolute atomic E-state index is 12.3. The van der Waals surface area contributed by atoms with Gasteiger partial charge in [0.05, 0.1) is 6.61 Å². The van der Waals surface area contributed by atoms with Crippen molar-refractivity contribution >= 4 is 12.0 Å². The number of hydrogen-bond acceptors (Lipinski definition) is 4. The lowest BCUT2D eigenvalue weighted by molar-refractivity contribution is -0.123. The molecule has 6 heteroatoms. The molecule has 2 heterocycles. The molecule has 0 aromatic heterocycles. The van der Waals surface area contributed by atoms with Crippen LogP contribution in [-0.4, -0.2) is 67.2 Å². The van der Waals surface area contributed by atoms with E-state index >= 15 is 0 Å². The van der Waals surface area contributed by atoms with Crippen LogP contribution in [0.2, 0.25) is 0 Å². The maximum Gasteiger partial charge on any atom is 0.409 e. The van der Waals surface area contributed by atoms with Gasteiger partial charge in [-0.2, -0.15) is 0 Å². The first kappa shape index (κ1) is 18.1. The van der Waals surface area contributed by atoms with Crippen molar-refractivity contribution in [2.24, 2.45) is 29.1 Å². The molecule has 6 nitrogen and oxygen atoms in total. The third kappa shape index (κ3) is 3.21. The Bertz CT molecular complexity index is 561. The van der Waals surface area contributed by atoms with Crippen LogP contribution in [0, 0.1) is 29.1 Å². The molecule has 2 saturated carbocycles. The average molecular weight is 364 g/mol. The number of hydrogen-bond donors (Lipinski definition) is 1. The van der Waals surface area contributed by atoms with E-state index in [4.69, 9.17) is 4.74 Å². The molecular formula is C20H33N3O3. The van der Waals surface area contributed by atoms with Crippen molar-refractivity contribution in [1.82, 2.24) is 15.1 Å². The van der Waals surface area contributed by atoms with Crippen LogP contribution >= 0.6 is 0 Å². The van der Waals surface area contributed by atoms with Gasteiger partial charge in [-0.15, -0.1) is 0 Å². The van der Waals surface area contributed by atoms with E-state index < -0.39 is 0 Å². The molecule has 0 bridgehead atoms. The topological polar surface area (TPSA) is 61.9 Å². The van der Waals surface area contributed by atoms with Gasteiger partial charge in [0.2, 0.25) is 5.91 Å². The number of carbonyl (C=O) groups excluding carboxylic acids is 2. The summed E-state index contributed by atoms with van der Waals surface area (Å²) in [6.45, 7) is 11.3. The minimum atomic E-state index is -0.148. The molecule has 1 N–H and O–H groups in total. The minimum Gasteiger partial charge on any atom is -0.450 e. The Morgan fingerprint density at radius 3 is 2.54 bits per heavy atom. The molecule has 4 rings (SSSR count). The van der Waals surface area contributed by atoms with Crippen LogP contribution in [0.1, 0.15) is 40.0 Å². The fourth-order valence-corrected chi connectivity index (χ4v) is 5.51. The van der Waals surface area contributed by atoms with Gasteiger partial charge in [-0.1, -0.05) is 13.8 Å². The highest BCUT2D eigenvalue weighted by molar-refractivity contribution is 5.82. The summed E-state index contributed by atoms with van der Waals surface area (Å²) in [5.74, 6) is 2.22. The number of carbonyl (C=O) groups is 2. The number of nitrogens with one attached hydrogen (secondary N) is 1. The number of rotatable bonds is 5. The van der Waals surface area contributed by atoms with Gasteiger partial charge in [0.1, 0.15) is 0 Å². The number of piperidine rings is 1. The Morgan fingerprint density at radius 2 is 1.92 bits per heavy atom. The molecular weight excluding hydrogens is 330 g/mol. The second-order valence-corrected chi connectivity index (χ2v) is 9.38. The standard InChI is InChI=1S/C20H33N3O3/c1-4-26-19(25)22-6-5-20(12-22)7-14(8-20)23-10-15-16(11-23)17(15)18(24)21-9-13(2)3/h13-17H,4-12H2,1-3H3,(H,21,24)/t14?,15-,16+,17?,20?.